The molecule has 4 atom stereocenters. The number of ether oxygens (including phenoxy) is 1. The molecule has 1 saturated heterocycles. The van der Waals surface area contributed by atoms with Crippen molar-refractivity contribution in [3.05, 3.63) is 112 Å². The standard InChI is InChI=1S/C31H28ClN9O5/c32-31-36-27(33-14-21(17-6-10-19(42)11-7-17)18-8-12-20(43)13-9-18)22-28(37-31)35-29(34-22)25-23(44)24(45)26(46-25)30-38-40-41(39-30)15-16-4-2-1-3-5-16/h1-13,21,23-26,42-45H,14-15H2,(H2,33,34,35,36,37)/t23-,24+,25+,26+/m1/s1. The fraction of sp³-hybridized carbons (Fsp3) is 0.226. The number of anilines is 1. The molecular formula is C31H28ClN9O5. The van der Waals surface area contributed by atoms with Gasteiger partial charge in [-0.15, -0.1) is 10.2 Å². The topological polar surface area (TPSA) is 200 Å². The first-order valence-corrected chi connectivity index (χ1v) is 14.8. The molecule has 3 aromatic carbocycles. The molecule has 46 heavy (non-hydrogen) atoms. The fourth-order valence-electron chi connectivity index (χ4n) is 5.49. The SMILES string of the molecule is Oc1ccc(C(CNc2nc(Cl)nc3nc([C@H]4O[C@H](c5nnn(Cc6ccccc6)n5)[C@@H](O)[C@H]4O)[nH]c23)c2ccc(O)cc2)cc1. The number of aromatic hydroxyl groups is 2. The second kappa shape index (κ2) is 12.3. The fourth-order valence-corrected chi connectivity index (χ4v) is 5.66. The van der Waals surface area contributed by atoms with Crippen molar-refractivity contribution < 1.29 is 25.2 Å². The molecule has 14 nitrogen and oxygen atoms in total. The Labute approximate surface area is 266 Å². The lowest BCUT2D eigenvalue weighted by Crippen LogP contribution is -2.27. The highest BCUT2D eigenvalue weighted by Crippen LogP contribution is 2.40. The number of nitrogens with zero attached hydrogens (tertiary/aromatic N) is 7. The van der Waals surface area contributed by atoms with E-state index in [0.29, 0.717) is 24.4 Å². The molecule has 0 amide bonds. The zero-order valence-electron chi connectivity index (χ0n) is 24.0. The van der Waals surface area contributed by atoms with Crippen molar-refractivity contribution in [2.24, 2.45) is 0 Å². The van der Waals surface area contributed by atoms with Crippen LogP contribution in [0.2, 0.25) is 5.28 Å². The van der Waals surface area contributed by atoms with Crippen molar-refractivity contribution >= 4 is 28.6 Å². The van der Waals surface area contributed by atoms with Crippen LogP contribution in [0.15, 0.2) is 78.9 Å². The summed E-state index contributed by atoms with van der Waals surface area (Å²) in [6.07, 6.45) is -4.83. The molecule has 6 N–H and O–H groups in total. The summed E-state index contributed by atoms with van der Waals surface area (Å²) in [5.74, 6) is 0.769. The first kappa shape index (κ1) is 29.6. The first-order valence-electron chi connectivity index (χ1n) is 14.4. The van der Waals surface area contributed by atoms with Gasteiger partial charge in [0.25, 0.3) is 0 Å². The molecule has 1 fully saturated rings. The summed E-state index contributed by atoms with van der Waals surface area (Å²) in [4.78, 5) is 17.6. The number of phenolic OH excluding ortho intramolecular Hbond substituents is 2. The second-order valence-electron chi connectivity index (χ2n) is 10.9. The molecule has 1 aliphatic heterocycles. The van der Waals surface area contributed by atoms with E-state index in [1.54, 1.807) is 24.3 Å². The number of benzene rings is 3. The van der Waals surface area contributed by atoms with Crippen molar-refractivity contribution in [1.29, 1.82) is 0 Å². The van der Waals surface area contributed by atoms with E-state index < -0.39 is 24.4 Å². The van der Waals surface area contributed by atoms with Gasteiger partial charge in [-0.1, -0.05) is 54.6 Å². The zero-order valence-corrected chi connectivity index (χ0v) is 24.8. The van der Waals surface area contributed by atoms with Gasteiger partial charge >= 0.3 is 0 Å². The van der Waals surface area contributed by atoms with Crippen molar-refractivity contribution in [1.82, 2.24) is 40.1 Å². The van der Waals surface area contributed by atoms with Gasteiger partial charge in [0.05, 0.1) is 6.54 Å². The highest BCUT2D eigenvalue weighted by Gasteiger charge is 2.47. The minimum Gasteiger partial charge on any atom is -0.508 e. The quantitative estimate of drug-likeness (QED) is 0.126. The van der Waals surface area contributed by atoms with E-state index in [0.717, 1.165) is 16.7 Å². The summed E-state index contributed by atoms with van der Waals surface area (Å²) < 4.78 is 6.04. The third-order valence-corrected chi connectivity index (χ3v) is 8.00. The van der Waals surface area contributed by atoms with E-state index in [-0.39, 0.29) is 40.0 Å². The maximum Gasteiger partial charge on any atom is 0.226 e. The summed E-state index contributed by atoms with van der Waals surface area (Å²) in [7, 11) is 0. The Bertz CT molecular complexity index is 1910. The van der Waals surface area contributed by atoms with Crippen LogP contribution in [-0.2, 0) is 11.3 Å². The zero-order chi connectivity index (χ0) is 31.8. The van der Waals surface area contributed by atoms with E-state index in [1.807, 2.05) is 54.6 Å². The molecule has 0 aliphatic carbocycles. The number of rotatable bonds is 9. The van der Waals surface area contributed by atoms with Crippen LogP contribution in [0, 0.1) is 0 Å². The molecule has 0 radical (unpaired) electrons. The number of aromatic nitrogens is 8. The van der Waals surface area contributed by atoms with Gasteiger partial charge in [0.15, 0.2) is 17.6 Å². The molecule has 3 aromatic heterocycles. The second-order valence-corrected chi connectivity index (χ2v) is 11.2. The van der Waals surface area contributed by atoms with Crippen LogP contribution in [0.1, 0.15) is 46.5 Å². The van der Waals surface area contributed by atoms with Crippen LogP contribution < -0.4 is 5.32 Å². The number of nitrogens with one attached hydrogen (secondary N) is 2. The van der Waals surface area contributed by atoms with E-state index in [9.17, 15) is 20.4 Å². The van der Waals surface area contributed by atoms with Gasteiger partial charge in [-0.25, -0.2) is 4.98 Å². The molecule has 0 bridgehead atoms. The number of imidazole rings is 1. The molecule has 4 heterocycles. The summed E-state index contributed by atoms with van der Waals surface area (Å²) in [5.41, 5.74) is 3.43. The van der Waals surface area contributed by atoms with Gasteiger partial charge in [0, 0.05) is 12.5 Å². The van der Waals surface area contributed by atoms with Crippen LogP contribution in [-0.4, -0.2) is 79.3 Å². The van der Waals surface area contributed by atoms with E-state index >= 15 is 0 Å². The van der Waals surface area contributed by atoms with Crippen molar-refractivity contribution in [2.45, 2.75) is 36.9 Å². The van der Waals surface area contributed by atoms with Crippen molar-refractivity contribution in [2.75, 3.05) is 11.9 Å². The third-order valence-electron chi connectivity index (χ3n) is 7.83. The first-order chi connectivity index (χ1) is 22.3. The molecule has 0 saturated carbocycles. The highest BCUT2D eigenvalue weighted by atomic mass is 35.5. The molecule has 1 aliphatic rings. The molecule has 0 spiro atoms. The monoisotopic (exact) mass is 641 g/mol. The average Bonchev–Trinajstić information content (AvgIpc) is 3.77. The van der Waals surface area contributed by atoms with Crippen LogP contribution in [0.4, 0.5) is 5.82 Å². The molecule has 234 valence electrons. The highest BCUT2D eigenvalue weighted by molar-refractivity contribution is 6.28. The summed E-state index contributed by atoms with van der Waals surface area (Å²) in [5, 5.41) is 57.2. The maximum absolute atomic E-state index is 11.0. The number of H-pyrrole nitrogens is 1. The van der Waals surface area contributed by atoms with E-state index in [2.05, 4.69) is 40.7 Å². The van der Waals surface area contributed by atoms with Crippen LogP contribution >= 0.6 is 11.6 Å². The largest absolute Gasteiger partial charge is 0.508 e. The smallest absolute Gasteiger partial charge is 0.226 e. The summed E-state index contributed by atoms with van der Waals surface area (Å²) in [6.45, 7) is 0.724. The van der Waals surface area contributed by atoms with Gasteiger partial charge in [0.2, 0.25) is 11.1 Å². The normalized spacial score (nSPS) is 19.7. The molecule has 15 heteroatoms. The Hall–Kier alpha value is -5.15. The maximum atomic E-state index is 11.0. The number of halogens is 1. The van der Waals surface area contributed by atoms with Crippen molar-refractivity contribution in [3.63, 3.8) is 0 Å². The third kappa shape index (κ3) is 5.93. The molecule has 6 aromatic rings. The van der Waals surface area contributed by atoms with Crippen LogP contribution in [0.5, 0.6) is 11.5 Å². The minimum absolute atomic E-state index is 0.0519. The van der Waals surface area contributed by atoms with Gasteiger partial charge < -0.3 is 35.5 Å². The number of hydrogen-bond donors (Lipinski definition) is 6. The van der Waals surface area contributed by atoms with Gasteiger partial charge in [-0.05, 0) is 57.8 Å². The Morgan fingerprint density at radius 3 is 2.17 bits per heavy atom. The Morgan fingerprint density at radius 1 is 0.848 bits per heavy atom. The number of aliphatic hydroxyl groups is 2. The lowest BCUT2D eigenvalue weighted by Gasteiger charge is -2.19. The lowest BCUT2D eigenvalue weighted by molar-refractivity contribution is -0.00236. The molecule has 7 rings (SSSR count). The number of aliphatic hydroxyl groups excluding tert-OH is 2. The average molecular weight is 642 g/mol. The lowest BCUT2D eigenvalue weighted by atomic mass is 9.91. The molecule has 0 unspecified atom stereocenters. The number of tetrazole rings is 1. The number of hydrogen-bond acceptors (Lipinski definition) is 12. The summed E-state index contributed by atoms with van der Waals surface area (Å²) in [6, 6.07) is 23.3. The Morgan fingerprint density at radius 2 is 1.50 bits per heavy atom. The Balaban J connectivity index is 1.13. The predicted molar refractivity (Wildman–Crippen MR) is 165 cm³/mol. The summed E-state index contributed by atoms with van der Waals surface area (Å²) >= 11 is 6.27. The van der Waals surface area contributed by atoms with Gasteiger partial charge in [0.1, 0.15) is 41.2 Å². The van der Waals surface area contributed by atoms with Crippen LogP contribution in [0.3, 0.4) is 0 Å². The number of fused-ring (bicyclic) bond motifs is 1. The number of phenols is 2. The Kier molecular flexibility index (Phi) is 7.92. The number of aromatic amines is 1. The van der Waals surface area contributed by atoms with E-state index in [4.69, 9.17) is 16.3 Å². The van der Waals surface area contributed by atoms with Crippen molar-refractivity contribution in [3.8, 4) is 11.5 Å². The predicted octanol–water partition coefficient (Wildman–Crippen LogP) is 3.23. The van der Waals surface area contributed by atoms with E-state index in [1.165, 1.54) is 4.80 Å². The van der Waals surface area contributed by atoms with Gasteiger partial charge in [-0.3, -0.25) is 0 Å². The van der Waals surface area contributed by atoms with Crippen LogP contribution in [0.25, 0.3) is 11.2 Å². The van der Waals surface area contributed by atoms with Gasteiger partial charge in [-0.2, -0.15) is 14.8 Å². The molecular weight excluding hydrogens is 614 g/mol. The minimum atomic E-state index is -1.36.